The molecule has 3 aromatic rings. The molecule has 0 unspecified atom stereocenters. The summed E-state index contributed by atoms with van der Waals surface area (Å²) in [5.41, 5.74) is 3.16. The minimum absolute atomic E-state index is 0.0149. The number of nitrogens with one attached hydrogen (secondary N) is 1. The van der Waals surface area contributed by atoms with Crippen LogP contribution in [0.5, 0.6) is 11.5 Å². The Balaban J connectivity index is 1.54. The molecule has 0 radical (unpaired) electrons. The van der Waals surface area contributed by atoms with E-state index in [1.807, 2.05) is 66.7 Å². The van der Waals surface area contributed by atoms with Crippen LogP contribution in [0.15, 0.2) is 71.7 Å². The highest BCUT2D eigenvalue weighted by Gasteiger charge is 2.32. The lowest BCUT2D eigenvalue weighted by Crippen LogP contribution is -2.25. The molecular formula is C22H16Cl2N2O2. The smallest absolute Gasteiger partial charge is 0.231 e. The molecule has 0 aromatic heterocycles. The second-order valence-corrected chi connectivity index (χ2v) is 7.59. The zero-order valence-electron chi connectivity index (χ0n) is 14.7. The van der Waals surface area contributed by atoms with Crippen molar-refractivity contribution in [1.29, 1.82) is 0 Å². The van der Waals surface area contributed by atoms with Crippen molar-refractivity contribution in [2.45, 2.75) is 12.1 Å². The normalized spacial score (nSPS) is 20.0. The molecule has 3 aromatic carbocycles. The molecule has 1 N–H and O–H groups in total. The molecular weight excluding hydrogens is 395 g/mol. The van der Waals surface area contributed by atoms with Crippen LogP contribution < -0.4 is 14.8 Å². The van der Waals surface area contributed by atoms with Gasteiger partial charge in [-0.25, -0.2) is 0 Å². The Morgan fingerprint density at radius 1 is 0.786 bits per heavy atom. The van der Waals surface area contributed by atoms with Crippen molar-refractivity contribution in [1.82, 2.24) is 5.32 Å². The third-order valence-corrected chi connectivity index (χ3v) is 5.47. The second-order valence-electron chi connectivity index (χ2n) is 6.72. The van der Waals surface area contributed by atoms with E-state index in [4.69, 9.17) is 37.7 Å². The van der Waals surface area contributed by atoms with Crippen molar-refractivity contribution in [3.63, 3.8) is 0 Å². The molecule has 2 atom stereocenters. The molecule has 6 heteroatoms. The number of halogens is 2. The van der Waals surface area contributed by atoms with Gasteiger partial charge in [-0.2, -0.15) is 0 Å². The van der Waals surface area contributed by atoms with Crippen LogP contribution in [0.3, 0.4) is 0 Å². The second kappa shape index (κ2) is 7.04. The topological polar surface area (TPSA) is 42.9 Å². The average molecular weight is 411 g/mol. The molecule has 0 saturated carbocycles. The van der Waals surface area contributed by atoms with E-state index in [1.165, 1.54) is 0 Å². The first-order valence-corrected chi connectivity index (χ1v) is 9.68. The van der Waals surface area contributed by atoms with Crippen molar-refractivity contribution in [2.24, 2.45) is 4.99 Å². The Morgan fingerprint density at radius 3 is 2.14 bits per heavy atom. The number of hydrogen-bond acceptors (Lipinski definition) is 4. The average Bonchev–Trinajstić information content (AvgIpc) is 3.36. The fourth-order valence-electron chi connectivity index (χ4n) is 3.54. The van der Waals surface area contributed by atoms with Gasteiger partial charge in [-0.3, -0.25) is 4.99 Å². The van der Waals surface area contributed by atoms with Crippen LogP contribution in [0.4, 0.5) is 0 Å². The van der Waals surface area contributed by atoms with Gasteiger partial charge >= 0.3 is 0 Å². The van der Waals surface area contributed by atoms with Gasteiger partial charge in [-0.05, 0) is 53.6 Å². The summed E-state index contributed by atoms with van der Waals surface area (Å²) >= 11 is 12.2. The minimum atomic E-state index is -0.0844. The number of hydrogen-bond donors (Lipinski definition) is 1. The highest BCUT2D eigenvalue weighted by Crippen LogP contribution is 2.39. The monoisotopic (exact) mass is 410 g/mol. The third-order valence-electron chi connectivity index (χ3n) is 4.96. The summed E-state index contributed by atoms with van der Waals surface area (Å²) in [6.07, 6.45) is 0. The fourth-order valence-corrected chi connectivity index (χ4v) is 3.79. The summed E-state index contributed by atoms with van der Waals surface area (Å²) in [6.45, 7) is 0.249. The first-order valence-electron chi connectivity index (χ1n) is 8.93. The molecule has 0 amide bonds. The van der Waals surface area contributed by atoms with Gasteiger partial charge in [0.1, 0.15) is 11.9 Å². The summed E-state index contributed by atoms with van der Waals surface area (Å²) in [4.78, 5) is 5.00. The van der Waals surface area contributed by atoms with Crippen LogP contribution in [0.2, 0.25) is 10.0 Å². The van der Waals surface area contributed by atoms with Crippen LogP contribution in [-0.2, 0) is 0 Å². The zero-order valence-corrected chi connectivity index (χ0v) is 16.2. The Labute approximate surface area is 172 Å². The van der Waals surface area contributed by atoms with Gasteiger partial charge in [-0.15, -0.1) is 0 Å². The van der Waals surface area contributed by atoms with Crippen molar-refractivity contribution < 1.29 is 9.47 Å². The molecule has 0 saturated heterocycles. The molecule has 2 aliphatic heterocycles. The lowest BCUT2D eigenvalue weighted by molar-refractivity contribution is 0.174. The van der Waals surface area contributed by atoms with Crippen molar-refractivity contribution in [3.8, 4) is 11.5 Å². The lowest BCUT2D eigenvalue weighted by Gasteiger charge is -2.20. The Kier molecular flexibility index (Phi) is 4.38. The quantitative estimate of drug-likeness (QED) is 0.614. The van der Waals surface area contributed by atoms with Crippen LogP contribution in [0.1, 0.15) is 28.8 Å². The molecule has 140 valence electrons. The molecule has 28 heavy (non-hydrogen) atoms. The standard InChI is InChI=1S/C22H16Cl2N2O2/c23-16-6-1-13(2-7-16)20-21(14-3-8-17(24)9-4-14)26-22(25-20)15-5-10-18-19(11-15)28-12-27-18/h1-11,20-21H,12H2,(H,25,26)/t20-,21+. The van der Waals surface area contributed by atoms with E-state index >= 15 is 0 Å². The van der Waals surface area contributed by atoms with Gasteiger partial charge < -0.3 is 14.8 Å². The SMILES string of the molecule is Clc1ccc([C@H]2N=C(c3ccc4c(c3)OCO4)N[C@H]2c2ccc(Cl)cc2)cc1. The number of nitrogens with zero attached hydrogens (tertiary/aromatic N) is 1. The van der Waals surface area contributed by atoms with Gasteiger partial charge in [0, 0.05) is 15.6 Å². The molecule has 0 spiro atoms. The molecule has 5 rings (SSSR count). The molecule has 0 fully saturated rings. The first-order chi connectivity index (χ1) is 13.7. The molecule has 2 heterocycles. The number of aliphatic imine (C=N–C) groups is 1. The van der Waals surface area contributed by atoms with Gasteiger partial charge in [0.2, 0.25) is 6.79 Å². The summed E-state index contributed by atoms with van der Waals surface area (Å²) in [7, 11) is 0. The Hall–Kier alpha value is -2.69. The number of benzene rings is 3. The number of fused-ring (bicyclic) bond motifs is 1. The third kappa shape index (κ3) is 3.19. The van der Waals surface area contributed by atoms with E-state index < -0.39 is 0 Å². The highest BCUT2D eigenvalue weighted by atomic mass is 35.5. The van der Waals surface area contributed by atoms with Crippen LogP contribution in [0.25, 0.3) is 0 Å². The maximum atomic E-state index is 6.08. The molecule has 4 nitrogen and oxygen atoms in total. The van der Waals surface area contributed by atoms with E-state index in [-0.39, 0.29) is 18.9 Å². The van der Waals surface area contributed by atoms with Gasteiger partial charge in [0.05, 0.1) is 6.04 Å². The highest BCUT2D eigenvalue weighted by molar-refractivity contribution is 6.30. The van der Waals surface area contributed by atoms with E-state index in [0.717, 1.165) is 34.0 Å². The van der Waals surface area contributed by atoms with E-state index in [2.05, 4.69) is 5.32 Å². The molecule has 0 bridgehead atoms. The molecule has 2 aliphatic rings. The Bertz CT molecular complexity index is 1050. The van der Waals surface area contributed by atoms with Crippen LogP contribution in [-0.4, -0.2) is 12.6 Å². The largest absolute Gasteiger partial charge is 0.454 e. The Morgan fingerprint density at radius 2 is 1.43 bits per heavy atom. The lowest BCUT2D eigenvalue weighted by atomic mass is 9.95. The number of rotatable bonds is 3. The maximum Gasteiger partial charge on any atom is 0.231 e. The first kappa shape index (κ1) is 17.4. The van der Waals surface area contributed by atoms with E-state index in [9.17, 15) is 0 Å². The predicted octanol–water partition coefficient (Wildman–Crippen LogP) is 5.55. The molecule has 0 aliphatic carbocycles. The van der Waals surface area contributed by atoms with Gasteiger partial charge in [0.25, 0.3) is 0 Å². The maximum absolute atomic E-state index is 6.08. The van der Waals surface area contributed by atoms with Crippen LogP contribution in [0, 0.1) is 0 Å². The summed E-state index contributed by atoms with van der Waals surface area (Å²) in [5.74, 6) is 2.31. The van der Waals surface area contributed by atoms with Gasteiger partial charge in [0.15, 0.2) is 11.5 Å². The summed E-state index contributed by atoms with van der Waals surface area (Å²) < 4.78 is 10.9. The number of ether oxygens (including phenoxy) is 2. The van der Waals surface area contributed by atoms with E-state index in [1.54, 1.807) is 0 Å². The number of amidine groups is 1. The van der Waals surface area contributed by atoms with Crippen molar-refractivity contribution in [3.05, 3.63) is 93.5 Å². The minimum Gasteiger partial charge on any atom is -0.454 e. The summed E-state index contributed by atoms with van der Waals surface area (Å²) in [6, 6.07) is 21.4. The fraction of sp³-hybridized carbons (Fsp3) is 0.136. The predicted molar refractivity (Wildman–Crippen MR) is 111 cm³/mol. The van der Waals surface area contributed by atoms with Gasteiger partial charge in [-0.1, -0.05) is 47.5 Å². The van der Waals surface area contributed by atoms with Crippen molar-refractivity contribution in [2.75, 3.05) is 6.79 Å². The zero-order chi connectivity index (χ0) is 19.1. The van der Waals surface area contributed by atoms with Crippen molar-refractivity contribution >= 4 is 29.0 Å². The van der Waals surface area contributed by atoms with E-state index in [0.29, 0.717) is 10.0 Å². The van der Waals surface area contributed by atoms with Crippen LogP contribution >= 0.6 is 23.2 Å². The summed E-state index contributed by atoms with van der Waals surface area (Å²) in [5, 5.41) is 4.99.